The van der Waals surface area contributed by atoms with Gasteiger partial charge >= 0.3 is 0 Å². The molecule has 3 heterocycles. The zero-order valence-corrected chi connectivity index (χ0v) is 12.6. The van der Waals surface area contributed by atoms with Crippen LogP contribution in [0.3, 0.4) is 0 Å². The number of imidazole rings is 1. The number of nitrogens with zero attached hydrogens (tertiary/aromatic N) is 3. The van der Waals surface area contributed by atoms with Crippen LogP contribution in [0.4, 0.5) is 0 Å². The van der Waals surface area contributed by atoms with Crippen molar-refractivity contribution in [3.63, 3.8) is 0 Å². The molecule has 0 fully saturated rings. The van der Waals surface area contributed by atoms with Gasteiger partial charge in [-0.15, -0.1) is 0 Å². The lowest BCUT2D eigenvalue weighted by molar-refractivity contribution is 0.174. The Morgan fingerprint density at radius 1 is 1.36 bits per heavy atom. The van der Waals surface area contributed by atoms with Gasteiger partial charge in [0.2, 0.25) is 11.8 Å². The number of hydrogen-bond donors (Lipinski definition) is 1. The summed E-state index contributed by atoms with van der Waals surface area (Å²) >= 11 is 1.44. The Kier molecular flexibility index (Phi) is 3.21. The molecule has 0 bridgehead atoms. The largest absolute Gasteiger partial charge is 0.454 e. The lowest BCUT2D eigenvalue weighted by atomic mass is 10.1. The predicted molar refractivity (Wildman–Crippen MR) is 79.1 cm³/mol. The fourth-order valence-electron chi connectivity index (χ4n) is 2.43. The van der Waals surface area contributed by atoms with Crippen LogP contribution in [-0.2, 0) is 18.0 Å². The molecule has 1 N–H and O–H groups in total. The normalized spacial score (nSPS) is 13.2. The first-order chi connectivity index (χ1) is 10.8. The topological polar surface area (TPSA) is 78.1 Å². The molecule has 8 heteroatoms. The fourth-order valence-corrected chi connectivity index (χ4v) is 3.31. The smallest absolute Gasteiger partial charge is 0.231 e. The van der Waals surface area contributed by atoms with Crippen molar-refractivity contribution in [2.75, 3.05) is 13.9 Å². The summed E-state index contributed by atoms with van der Waals surface area (Å²) in [5, 5.41) is 15.0. The highest BCUT2D eigenvalue weighted by atomic mass is 32.1. The van der Waals surface area contributed by atoms with Gasteiger partial charge in [0, 0.05) is 12.7 Å². The lowest BCUT2D eigenvalue weighted by Gasteiger charge is -2.02. The van der Waals surface area contributed by atoms with E-state index in [1.807, 2.05) is 18.2 Å². The van der Waals surface area contributed by atoms with Crippen LogP contribution >= 0.6 is 11.3 Å². The van der Waals surface area contributed by atoms with E-state index in [-0.39, 0.29) is 13.4 Å². The molecular formula is C14H13N3O4S. The van der Waals surface area contributed by atoms with Gasteiger partial charge in [-0.05, 0) is 18.2 Å². The van der Waals surface area contributed by atoms with Crippen molar-refractivity contribution < 1.29 is 19.3 Å². The molecule has 0 spiro atoms. The number of methoxy groups -OCH3 is 1. The number of aromatic nitrogens is 3. The first kappa shape index (κ1) is 13.5. The summed E-state index contributed by atoms with van der Waals surface area (Å²) in [4.78, 5) is 5.31. The van der Waals surface area contributed by atoms with Gasteiger partial charge in [0.05, 0.1) is 24.6 Å². The summed E-state index contributed by atoms with van der Waals surface area (Å²) in [6.45, 7) is 0.505. The minimum absolute atomic E-state index is 0.152. The van der Waals surface area contributed by atoms with Crippen molar-refractivity contribution in [3.8, 4) is 22.8 Å². The van der Waals surface area contributed by atoms with Gasteiger partial charge < -0.3 is 19.3 Å². The van der Waals surface area contributed by atoms with Crippen molar-refractivity contribution in [3.05, 3.63) is 28.9 Å². The number of fused-ring (bicyclic) bond motifs is 2. The van der Waals surface area contributed by atoms with Crippen molar-refractivity contribution >= 4 is 16.3 Å². The number of aliphatic hydroxyl groups excluding tert-OH is 1. The van der Waals surface area contributed by atoms with E-state index in [0.717, 1.165) is 21.3 Å². The molecule has 1 aromatic carbocycles. The lowest BCUT2D eigenvalue weighted by Crippen LogP contribution is -1.97. The second-order valence-electron chi connectivity index (χ2n) is 4.76. The van der Waals surface area contributed by atoms with Gasteiger partial charge in [0.15, 0.2) is 11.5 Å². The average molecular weight is 319 g/mol. The van der Waals surface area contributed by atoms with Gasteiger partial charge in [-0.2, -0.15) is 5.10 Å². The molecule has 3 aromatic rings. The van der Waals surface area contributed by atoms with Crippen LogP contribution in [-0.4, -0.2) is 33.6 Å². The van der Waals surface area contributed by atoms with E-state index in [2.05, 4.69) is 10.1 Å². The molecule has 0 atom stereocenters. The number of aliphatic hydroxyl groups is 1. The number of hydrogen-bond acceptors (Lipinski definition) is 7. The number of rotatable bonds is 4. The molecule has 1 aliphatic heterocycles. The molecule has 0 unspecified atom stereocenters. The molecule has 0 aliphatic carbocycles. The summed E-state index contributed by atoms with van der Waals surface area (Å²) in [5.41, 5.74) is 2.20. The van der Waals surface area contributed by atoms with Gasteiger partial charge in [0.25, 0.3) is 0 Å². The highest BCUT2D eigenvalue weighted by Gasteiger charge is 2.20. The first-order valence-electron chi connectivity index (χ1n) is 6.67. The molecule has 0 radical (unpaired) electrons. The Labute approximate surface area is 129 Å². The van der Waals surface area contributed by atoms with Gasteiger partial charge in [-0.1, -0.05) is 11.3 Å². The SMILES string of the molecule is COCc1nn2c(CO)c(-c3ccc4c(c3)OCO4)nc2s1. The van der Waals surface area contributed by atoms with Gasteiger partial charge in [-0.25, -0.2) is 9.50 Å². The van der Waals surface area contributed by atoms with E-state index in [0.29, 0.717) is 23.7 Å². The highest BCUT2D eigenvalue weighted by Crippen LogP contribution is 2.37. The Hall–Kier alpha value is -2.16. The third kappa shape index (κ3) is 2.04. The Bertz CT molecular complexity index is 842. The molecule has 0 saturated heterocycles. The quantitative estimate of drug-likeness (QED) is 0.790. The predicted octanol–water partition coefficient (Wildman–Crippen LogP) is 1.83. The maximum absolute atomic E-state index is 9.72. The molecule has 4 rings (SSSR count). The number of benzene rings is 1. The van der Waals surface area contributed by atoms with E-state index in [9.17, 15) is 5.11 Å². The third-order valence-electron chi connectivity index (χ3n) is 3.40. The zero-order chi connectivity index (χ0) is 15.1. The van der Waals surface area contributed by atoms with Crippen LogP contribution in [0.1, 0.15) is 10.7 Å². The van der Waals surface area contributed by atoms with E-state index in [1.54, 1.807) is 11.6 Å². The number of ether oxygens (including phenoxy) is 3. The van der Waals surface area contributed by atoms with Crippen molar-refractivity contribution in [2.45, 2.75) is 13.2 Å². The van der Waals surface area contributed by atoms with Crippen molar-refractivity contribution in [1.82, 2.24) is 14.6 Å². The minimum atomic E-state index is -0.152. The average Bonchev–Trinajstić information content (AvgIpc) is 3.19. The molecule has 7 nitrogen and oxygen atoms in total. The van der Waals surface area contributed by atoms with E-state index < -0.39 is 0 Å². The summed E-state index contributed by atoms with van der Waals surface area (Å²) in [6.07, 6.45) is 0. The summed E-state index contributed by atoms with van der Waals surface area (Å²) in [7, 11) is 1.62. The van der Waals surface area contributed by atoms with Crippen LogP contribution in [0.25, 0.3) is 16.2 Å². The monoisotopic (exact) mass is 319 g/mol. The summed E-state index contributed by atoms with van der Waals surface area (Å²) < 4.78 is 17.4. The summed E-state index contributed by atoms with van der Waals surface area (Å²) in [5.74, 6) is 1.40. The van der Waals surface area contributed by atoms with Crippen LogP contribution in [0, 0.1) is 0 Å². The molecule has 22 heavy (non-hydrogen) atoms. The molecular weight excluding hydrogens is 306 g/mol. The molecule has 0 saturated carbocycles. The second kappa shape index (κ2) is 5.24. The molecule has 114 valence electrons. The van der Waals surface area contributed by atoms with E-state index in [1.165, 1.54) is 11.3 Å². The Morgan fingerprint density at radius 2 is 2.23 bits per heavy atom. The standard InChI is InChI=1S/C14H13N3O4S/c1-19-6-12-16-17-9(5-18)13(15-14(17)22-12)8-2-3-10-11(4-8)21-7-20-10/h2-4,18H,5-7H2,1H3. The molecule has 0 amide bonds. The minimum Gasteiger partial charge on any atom is -0.454 e. The van der Waals surface area contributed by atoms with E-state index >= 15 is 0 Å². The van der Waals surface area contributed by atoms with E-state index in [4.69, 9.17) is 14.2 Å². The highest BCUT2D eigenvalue weighted by molar-refractivity contribution is 7.16. The van der Waals surface area contributed by atoms with Crippen molar-refractivity contribution in [2.24, 2.45) is 0 Å². The maximum atomic E-state index is 9.72. The van der Waals surface area contributed by atoms with Crippen LogP contribution in [0.2, 0.25) is 0 Å². The van der Waals surface area contributed by atoms with Crippen LogP contribution < -0.4 is 9.47 Å². The van der Waals surface area contributed by atoms with Crippen molar-refractivity contribution in [1.29, 1.82) is 0 Å². The first-order valence-corrected chi connectivity index (χ1v) is 7.49. The summed E-state index contributed by atoms with van der Waals surface area (Å²) in [6, 6.07) is 5.61. The fraction of sp³-hybridized carbons (Fsp3) is 0.286. The van der Waals surface area contributed by atoms with Gasteiger partial charge in [-0.3, -0.25) is 0 Å². The third-order valence-corrected chi connectivity index (χ3v) is 4.28. The van der Waals surface area contributed by atoms with Crippen LogP contribution in [0.15, 0.2) is 18.2 Å². The zero-order valence-electron chi connectivity index (χ0n) is 11.8. The Morgan fingerprint density at radius 3 is 3.05 bits per heavy atom. The van der Waals surface area contributed by atoms with Crippen LogP contribution in [0.5, 0.6) is 11.5 Å². The maximum Gasteiger partial charge on any atom is 0.231 e. The Balaban J connectivity index is 1.82. The molecule has 1 aliphatic rings. The second-order valence-corrected chi connectivity index (χ2v) is 5.80. The molecule has 2 aromatic heterocycles. The van der Waals surface area contributed by atoms with Gasteiger partial charge in [0.1, 0.15) is 5.01 Å².